The largest absolute Gasteiger partial charge is 0.496 e. The van der Waals surface area contributed by atoms with Crippen LogP contribution in [-0.4, -0.2) is 28.6 Å². The molecule has 1 aromatic heterocycles. The monoisotopic (exact) mass is 578 g/mol. The van der Waals surface area contributed by atoms with E-state index in [4.69, 9.17) is 43.0 Å². The Labute approximate surface area is 247 Å². The molecule has 0 amide bonds. The first-order valence-corrected chi connectivity index (χ1v) is 13.8. The molecule has 0 radical (unpaired) electrons. The zero-order valence-electron chi connectivity index (χ0n) is 22.2. The Hall–Kier alpha value is -4.59. The fourth-order valence-corrected chi connectivity index (χ4v) is 6.02. The van der Waals surface area contributed by atoms with Gasteiger partial charge in [-0.25, -0.2) is 14.7 Å². The fourth-order valence-electron chi connectivity index (χ4n) is 5.50. The van der Waals surface area contributed by atoms with Crippen molar-refractivity contribution in [2.45, 2.75) is 13.0 Å². The highest BCUT2D eigenvalue weighted by atomic mass is 35.5. The number of aryl methyl sites for hydroxylation is 1. The molecule has 7 rings (SSSR count). The molecule has 1 atom stereocenters. The zero-order chi connectivity index (χ0) is 28.1. The third kappa shape index (κ3) is 4.34. The van der Waals surface area contributed by atoms with Crippen LogP contribution in [0.15, 0.2) is 107 Å². The molecular formula is C32H24Cl2N6O. The Morgan fingerprint density at radius 2 is 1.54 bits per heavy atom. The molecule has 41 heavy (non-hydrogen) atoms. The number of nitrogens with one attached hydrogen (secondary N) is 1. The van der Waals surface area contributed by atoms with Crippen molar-refractivity contribution in [2.24, 2.45) is 9.98 Å². The van der Waals surface area contributed by atoms with E-state index < -0.39 is 0 Å². The Kier molecular flexibility index (Phi) is 6.26. The zero-order valence-corrected chi connectivity index (χ0v) is 23.7. The van der Waals surface area contributed by atoms with Crippen LogP contribution in [0, 0.1) is 6.92 Å². The molecule has 9 heteroatoms. The molecule has 0 bridgehead atoms. The average Bonchev–Trinajstić information content (AvgIpc) is 3.32. The van der Waals surface area contributed by atoms with Gasteiger partial charge in [-0.3, -0.25) is 0 Å². The first-order chi connectivity index (χ1) is 20.0. The summed E-state index contributed by atoms with van der Waals surface area (Å²) in [6.07, 6.45) is 0. The number of para-hydroxylation sites is 4. The van der Waals surface area contributed by atoms with Crippen LogP contribution in [0.4, 0.5) is 22.9 Å². The van der Waals surface area contributed by atoms with E-state index in [1.165, 1.54) is 0 Å². The van der Waals surface area contributed by atoms with Crippen LogP contribution in [-0.2, 0) is 0 Å². The topological polar surface area (TPSA) is 67.0 Å². The Morgan fingerprint density at radius 1 is 0.829 bits per heavy atom. The summed E-state index contributed by atoms with van der Waals surface area (Å²) >= 11 is 12.7. The highest BCUT2D eigenvalue weighted by molar-refractivity contribution is 6.52. The molecule has 1 N–H and O–H groups in total. The number of hydrogen-bond acceptors (Lipinski definition) is 6. The van der Waals surface area contributed by atoms with E-state index in [0.717, 1.165) is 45.5 Å². The molecule has 3 heterocycles. The normalized spacial score (nSPS) is 15.3. The van der Waals surface area contributed by atoms with Crippen molar-refractivity contribution in [3.8, 4) is 11.4 Å². The van der Waals surface area contributed by atoms with Crippen LogP contribution in [0.3, 0.4) is 0 Å². The number of methoxy groups -OCH3 is 1. The van der Waals surface area contributed by atoms with Gasteiger partial charge in [-0.05, 0) is 55.5 Å². The van der Waals surface area contributed by atoms with E-state index in [2.05, 4.69) is 22.3 Å². The van der Waals surface area contributed by atoms with E-state index in [9.17, 15) is 0 Å². The number of ether oxygens (including phenoxy) is 1. The molecule has 0 unspecified atom stereocenters. The number of halogens is 2. The Balaban J connectivity index is 1.52. The van der Waals surface area contributed by atoms with E-state index in [1.54, 1.807) is 13.2 Å². The number of rotatable bonds is 4. The van der Waals surface area contributed by atoms with Crippen molar-refractivity contribution in [3.05, 3.63) is 124 Å². The highest BCUT2D eigenvalue weighted by Gasteiger charge is 2.42. The Bertz CT molecular complexity index is 1840. The quantitative estimate of drug-likeness (QED) is 0.233. The Morgan fingerprint density at radius 3 is 2.32 bits per heavy atom. The van der Waals surface area contributed by atoms with Crippen molar-refractivity contribution in [1.82, 2.24) is 9.78 Å². The molecular weight excluding hydrogens is 555 g/mol. The van der Waals surface area contributed by atoms with Gasteiger partial charge in [0.25, 0.3) is 0 Å². The van der Waals surface area contributed by atoms with Crippen LogP contribution < -0.4 is 15.0 Å². The fraction of sp³-hybridized carbons (Fsp3) is 0.0938. The lowest BCUT2D eigenvalue weighted by Gasteiger charge is -2.41. The molecule has 2 aliphatic heterocycles. The number of nitrogens with zero attached hydrogens (tertiary/aromatic N) is 5. The standard InChI is InChI=1S/C32H24Cl2N6O/c1-19-28-29(24-12-6-9-15-27(24)41-2)39-26-14-8-7-13-25(26)36-30(35-22-17-20(33)16-21(34)18-22)32(39)37-31(28)40(38-19)23-10-4-3-5-11-23/h3-18,29H,1-2H3,(H,35,36)/t29-/m0/s1. The molecule has 0 saturated heterocycles. The third-order valence-corrected chi connectivity index (χ3v) is 7.63. The first-order valence-electron chi connectivity index (χ1n) is 13.1. The summed E-state index contributed by atoms with van der Waals surface area (Å²) in [4.78, 5) is 12.5. The molecule has 7 nitrogen and oxygen atoms in total. The van der Waals surface area contributed by atoms with Gasteiger partial charge in [0.2, 0.25) is 0 Å². The van der Waals surface area contributed by atoms with Crippen molar-refractivity contribution >= 4 is 57.8 Å². The molecule has 0 spiro atoms. The van der Waals surface area contributed by atoms with Crippen LogP contribution >= 0.6 is 23.2 Å². The van der Waals surface area contributed by atoms with Crippen molar-refractivity contribution in [2.75, 3.05) is 17.3 Å². The molecule has 0 aliphatic carbocycles. The molecule has 4 aromatic carbocycles. The maximum Gasteiger partial charge on any atom is 0.179 e. The number of amidine groups is 2. The predicted octanol–water partition coefficient (Wildman–Crippen LogP) is 8.29. The third-order valence-electron chi connectivity index (χ3n) is 7.20. The second-order valence-corrected chi connectivity index (χ2v) is 10.6. The minimum Gasteiger partial charge on any atom is -0.496 e. The number of hydrogen-bond donors (Lipinski definition) is 1. The lowest BCUT2D eigenvalue weighted by Crippen LogP contribution is -2.46. The number of aromatic nitrogens is 2. The molecule has 2 aliphatic rings. The first kappa shape index (κ1) is 25.4. The molecule has 202 valence electrons. The van der Waals surface area contributed by atoms with Crippen LogP contribution in [0.1, 0.15) is 22.9 Å². The van der Waals surface area contributed by atoms with Gasteiger partial charge in [-0.15, -0.1) is 0 Å². The summed E-state index contributed by atoms with van der Waals surface area (Å²) in [5, 5.41) is 9.47. The smallest absolute Gasteiger partial charge is 0.179 e. The van der Waals surface area contributed by atoms with Gasteiger partial charge in [0.1, 0.15) is 5.75 Å². The number of fused-ring (bicyclic) bond motifs is 4. The van der Waals surface area contributed by atoms with Gasteiger partial charge in [0.15, 0.2) is 17.5 Å². The van der Waals surface area contributed by atoms with Gasteiger partial charge in [0, 0.05) is 26.9 Å². The van der Waals surface area contributed by atoms with Crippen LogP contribution in [0.2, 0.25) is 10.0 Å². The van der Waals surface area contributed by atoms with Crippen LogP contribution in [0.25, 0.3) is 5.69 Å². The lowest BCUT2D eigenvalue weighted by atomic mass is 9.92. The lowest BCUT2D eigenvalue weighted by molar-refractivity contribution is 0.407. The summed E-state index contributed by atoms with van der Waals surface area (Å²) in [5.41, 5.74) is 6.20. The second-order valence-electron chi connectivity index (χ2n) is 9.75. The van der Waals surface area contributed by atoms with Gasteiger partial charge >= 0.3 is 0 Å². The maximum atomic E-state index is 6.35. The van der Waals surface area contributed by atoms with E-state index in [-0.39, 0.29) is 6.04 Å². The summed E-state index contributed by atoms with van der Waals surface area (Å²) in [6, 6.07) is 31.1. The molecule has 5 aromatic rings. The van der Waals surface area contributed by atoms with E-state index in [0.29, 0.717) is 27.4 Å². The number of aliphatic imine (C=N–C) groups is 2. The highest BCUT2D eigenvalue weighted by Crippen LogP contribution is 2.49. The minimum absolute atomic E-state index is 0.303. The van der Waals surface area contributed by atoms with E-state index in [1.807, 2.05) is 90.5 Å². The van der Waals surface area contributed by atoms with Crippen molar-refractivity contribution in [3.63, 3.8) is 0 Å². The molecule has 0 saturated carbocycles. The van der Waals surface area contributed by atoms with Gasteiger partial charge in [0.05, 0.1) is 35.9 Å². The van der Waals surface area contributed by atoms with Gasteiger partial charge in [-0.1, -0.05) is 71.7 Å². The van der Waals surface area contributed by atoms with Gasteiger partial charge < -0.3 is 15.0 Å². The number of anilines is 2. The van der Waals surface area contributed by atoms with Crippen molar-refractivity contribution in [1.29, 1.82) is 0 Å². The van der Waals surface area contributed by atoms with Crippen molar-refractivity contribution < 1.29 is 4.74 Å². The summed E-state index contributed by atoms with van der Waals surface area (Å²) in [6.45, 7) is 2.03. The molecule has 0 fully saturated rings. The minimum atomic E-state index is -0.303. The summed E-state index contributed by atoms with van der Waals surface area (Å²) < 4.78 is 7.79. The van der Waals surface area contributed by atoms with E-state index >= 15 is 0 Å². The maximum absolute atomic E-state index is 6.35. The second kappa shape index (κ2) is 10.1. The average molecular weight is 579 g/mol. The predicted molar refractivity (Wildman–Crippen MR) is 166 cm³/mol. The van der Waals surface area contributed by atoms with Gasteiger partial charge in [-0.2, -0.15) is 5.10 Å². The number of benzene rings is 4. The van der Waals surface area contributed by atoms with Crippen LogP contribution in [0.5, 0.6) is 5.75 Å². The summed E-state index contributed by atoms with van der Waals surface area (Å²) in [5.74, 6) is 2.70. The SMILES string of the molecule is COc1ccccc1[C@H]1c2c(C)nn(-c3ccccc3)c2N=C2C(Nc3cc(Cl)cc(Cl)c3)=Nc3ccccc3N21. The summed E-state index contributed by atoms with van der Waals surface area (Å²) in [7, 11) is 1.69.